The molecule has 0 heterocycles. The number of methoxy groups -OCH3 is 1. The second kappa shape index (κ2) is 7.69. The molecule has 0 fully saturated rings. The monoisotopic (exact) mass is 341 g/mol. The number of rotatable bonds is 7. The predicted octanol–water partition coefficient (Wildman–Crippen LogP) is 2.34. The van der Waals surface area contributed by atoms with Crippen LogP contribution in [-0.4, -0.2) is 32.0 Å². The summed E-state index contributed by atoms with van der Waals surface area (Å²) in [5.74, 6) is 0.493. The van der Waals surface area contributed by atoms with Crippen molar-refractivity contribution in [2.75, 3.05) is 13.7 Å². The quantitative estimate of drug-likeness (QED) is 0.610. The van der Waals surface area contributed by atoms with Gasteiger partial charge in [0.2, 0.25) is 0 Å². The van der Waals surface area contributed by atoms with Crippen molar-refractivity contribution in [3.8, 4) is 11.5 Å². The van der Waals surface area contributed by atoms with Crippen molar-refractivity contribution in [2.24, 2.45) is 0 Å². The van der Waals surface area contributed by atoms with Crippen LogP contribution in [0.5, 0.6) is 11.5 Å². The normalized spacial score (nSPS) is 11.3. The third-order valence-electron chi connectivity index (χ3n) is 2.50. The number of amides is 1. The van der Waals surface area contributed by atoms with Crippen LogP contribution in [0.25, 0.3) is 0 Å². The third-order valence-corrected chi connectivity index (χ3v) is 3.19. The maximum Gasteiger partial charge on any atom is 0.261 e. The molecule has 1 rings (SSSR count). The van der Waals surface area contributed by atoms with E-state index in [1.165, 1.54) is 13.2 Å². The van der Waals surface area contributed by atoms with E-state index < -0.39 is 6.10 Å². The van der Waals surface area contributed by atoms with E-state index >= 15 is 0 Å². The van der Waals surface area contributed by atoms with Gasteiger partial charge in [0.1, 0.15) is 0 Å². The molecular formula is C14H16BrNO4. The predicted molar refractivity (Wildman–Crippen MR) is 79.4 cm³/mol. The van der Waals surface area contributed by atoms with E-state index in [2.05, 4.69) is 27.8 Å². The number of ether oxygens (including phenoxy) is 2. The first-order valence-electron chi connectivity index (χ1n) is 5.91. The highest BCUT2D eigenvalue weighted by molar-refractivity contribution is 9.10. The number of aldehydes is 1. The summed E-state index contributed by atoms with van der Waals surface area (Å²) in [5.41, 5.74) is 0.416. The Kier molecular flexibility index (Phi) is 6.24. The topological polar surface area (TPSA) is 64.6 Å². The summed E-state index contributed by atoms with van der Waals surface area (Å²) in [6, 6.07) is 3.14. The van der Waals surface area contributed by atoms with Crippen LogP contribution in [0.15, 0.2) is 29.3 Å². The Bertz CT molecular complexity index is 516. The number of carbonyl (C=O) groups excluding carboxylic acids is 2. The van der Waals surface area contributed by atoms with Gasteiger partial charge in [-0.15, -0.1) is 6.58 Å². The molecule has 0 aromatic heterocycles. The van der Waals surface area contributed by atoms with Gasteiger partial charge in [0.05, 0.1) is 7.11 Å². The van der Waals surface area contributed by atoms with Crippen LogP contribution in [0.3, 0.4) is 0 Å². The van der Waals surface area contributed by atoms with Crippen molar-refractivity contribution in [3.63, 3.8) is 0 Å². The van der Waals surface area contributed by atoms with Gasteiger partial charge in [-0.2, -0.15) is 0 Å². The first-order valence-corrected chi connectivity index (χ1v) is 6.70. The van der Waals surface area contributed by atoms with E-state index in [9.17, 15) is 9.59 Å². The largest absolute Gasteiger partial charge is 0.493 e. The summed E-state index contributed by atoms with van der Waals surface area (Å²) >= 11 is 3.25. The molecule has 1 aromatic carbocycles. The fraction of sp³-hybridized carbons (Fsp3) is 0.286. The molecule has 0 saturated carbocycles. The first-order chi connectivity index (χ1) is 9.53. The van der Waals surface area contributed by atoms with Crippen LogP contribution >= 0.6 is 15.9 Å². The third kappa shape index (κ3) is 4.09. The number of nitrogens with one attached hydrogen (secondary N) is 1. The van der Waals surface area contributed by atoms with Crippen molar-refractivity contribution in [2.45, 2.75) is 13.0 Å². The molecule has 1 atom stereocenters. The van der Waals surface area contributed by atoms with Gasteiger partial charge in [-0.05, 0) is 35.0 Å². The highest BCUT2D eigenvalue weighted by atomic mass is 79.9. The van der Waals surface area contributed by atoms with Crippen LogP contribution in [0.4, 0.5) is 0 Å². The van der Waals surface area contributed by atoms with E-state index in [0.29, 0.717) is 34.4 Å². The maximum atomic E-state index is 11.7. The summed E-state index contributed by atoms with van der Waals surface area (Å²) in [6.07, 6.45) is 1.55. The molecule has 0 aliphatic heterocycles. The van der Waals surface area contributed by atoms with Gasteiger partial charge in [0.15, 0.2) is 23.9 Å². The van der Waals surface area contributed by atoms with E-state index in [4.69, 9.17) is 9.47 Å². The molecular weight excluding hydrogens is 326 g/mol. The lowest BCUT2D eigenvalue weighted by molar-refractivity contribution is -0.127. The number of benzene rings is 1. The zero-order valence-corrected chi connectivity index (χ0v) is 12.9. The Labute approximate surface area is 126 Å². The molecule has 1 amide bonds. The second-order valence-corrected chi connectivity index (χ2v) is 4.79. The van der Waals surface area contributed by atoms with Crippen LogP contribution in [0.1, 0.15) is 17.3 Å². The minimum atomic E-state index is -0.718. The zero-order chi connectivity index (χ0) is 15.1. The number of halogens is 1. The number of hydrogen-bond donors (Lipinski definition) is 1. The molecule has 5 nitrogen and oxygen atoms in total. The van der Waals surface area contributed by atoms with Crippen LogP contribution < -0.4 is 14.8 Å². The van der Waals surface area contributed by atoms with Crippen LogP contribution in [0, 0.1) is 0 Å². The molecule has 108 valence electrons. The van der Waals surface area contributed by atoms with Gasteiger partial charge in [0.25, 0.3) is 5.91 Å². The minimum Gasteiger partial charge on any atom is -0.493 e. The molecule has 0 unspecified atom stereocenters. The lowest BCUT2D eigenvalue weighted by atomic mass is 10.2. The Balaban J connectivity index is 2.92. The van der Waals surface area contributed by atoms with Gasteiger partial charge in [-0.25, -0.2) is 0 Å². The summed E-state index contributed by atoms with van der Waals surface area (Å²) in [6.45, 7) is 5.49. The lowest BCUT2D eigenvalue weighted by Crippen LogP contribution is -2.36. The minimum absolute atomic E-state index is 0.275. The zero-order valence-electron chi connectivity index (χ0n) is 11.3. The van der Waals surface area contributed by atoms with Crippen molar-refractivity contribution in [1.29, 1.82) is 0 Å². The lowest BCUT2D eigenvalue weighted by Gasteiger charge is -2.17. The Morgan fingerprint density at radius 3 is 2.75 bits per heavy atom. The summed E-state index contributed by atoms with van der Waals surface area (Å²) in [4.78, 5) is 22.6. The fourth-order valence-electron chi connectivity index (χ4n) is 1.45. The fourth-order valence-corrected chi connectivity index (χ4v) is 1.87. The van der Waals surface area contributed by atoms with Crippen molar-refractivity contribution < 1.29 is 19.1 Å². The van der Waals surface area contributed by atoms with Crippen LogP contribution in [0.2, 0.25) is 0 Å². The average Bonchev–Trinajstić information content (AvgIpc) is 2.45. The Morgan fingerprint density at radius 1 is 1.50 bits per heavy atom. The van der Waals surface area contributed by atoms with Gasteiger partial charge >= 0.3 is 0 Å². The first kappa shape index (κ1) is 16.2. The molecule has 0 radical (unpaired) electrons. The molecule has 0 bridgehead atoms. The van der Waals surface area contributed by atoms with Gasteiger partial charge < -0.3 is 14.8 Å². The summed E-state index contributed by atoms with van der Waals surface area (Å²) < 4.78 is 11.3. The average molecular weight is 342 g/mol. The Hall–Kier alpha value is -1.82. The molecule has 20 heavy (non-hydrogen) atoms. The maximum absolute atomic E-state index is 11.7. The van der Waals surface area contributed by atoms with Crippen molar-refractivity contribution in [1.82, 2.24) is 5.32 Å². The van der Waals surface area contributed by atoms with Gasteiger partial charge in [-0.1, -0.05) is 6.08 Å². The van der Waals surface area contributed by atoms with E-state index in [1.54, 1.807) is 19.1 Å². The molecule has 0 spiro atoms. The SMILES string of the molecule is C=CCNC(=O)[C@@H](C)Oc1cc(C=O)c(Br)cc1OC. The summed E-state index contributed by atoms with van der Waals surface area (Å²) in [7, 11) is 1.48. The molecule has 6 heteroatoms. The van der Waals surface area contributed by atoms with E-state index in [0.717, 1.165) is 0 Å². The van der Waals surface area contributed by atoms with E-state index in [1.807, 2.05) is 0 Å². The van der Waals surface area contributed by atoms with Gasteiger partial charge in [-0.3, -0.25) is 9.59 Å². The standard InChI is InChI=1S/C14H16BrNO4/c1-4-5-16-14(18)9(2)20-13-6-10(8-17)11(15)7-12(13)19-3/h4,6-9H,1,5H2,2-3H3,(H,16,18)/t9-/m1/s1. The van der Waals surface area contributed by atoms with Crippen molar-refractivity contribution in [3.05, 3.63) is 34.8 Å². The molecule has 1 aromatic rings. The molecule has 0 saturated heterocycles. The van der Waals surface area contributed by atoms with Crippen LogP contribution in [-0.2, 0) is 4.79 Å². The van der Waals surface area contributed by atoms with E-state index in [-0.39, 0.29) is 5.91 Å². The molecule has 0 aliphatic carbocycles. The van der Waals surface area contributed by atoms with Gasteiger partial charge in [0, 0.05) is 16.6 Å². The Morgan fingerprint density at radius 2 is 2.20 bits per heavy atom. The molecule has 1 N–H and O–H groups in total. The number of hydrogen-bond acceptors (Lipinski definition) is 4. The second-order valence-electron chi connectivity index (χ2n) is 3.94. The number of carbonyl (C=O) groups is 2. The smallest absolute Gasteiger partial charge is 0.261 e. The van der Waals surface area contributed by atoms with Crippen molar-refractivity contribution >= 4 is 28.1 Å². The summed E-state index contributed by atoms with van der Waals surface area (Å²) in [5, 5.41) is 2.63. The highest BCUT2D eigenvalue weighted by Crippen LogP contribution is 2.33. The molecule has 0 aliphatic rings. The highest BCUT2D eigenvalue weighted by Gasteiger charge is 2.17.